The van der Waals surface area contributed by atoms with Gasteiger partial charge in [0.15, 0.2) is 0 Å². The number of phenols is 1. The third-order valence-corrected chi connectivity index (χ3v) is 4.15. The predicted octanol–water partition coefficient (Wildman–Crippen LogP) is 3.63. The Balaban J connectivity index is 1.76. The fourth-order valence-corrected chi connectivity index (χ4v) is 2.68. The Hall–Kier alpha value is -3.08. The van der Waals surface area contributed by atoms with Crippen LogP contribution < -0.4 is 5.32 Å². The zero-order chi connectivity index (χ0) is 17.8. The molecule has 25 heavy (non-hydrogen) atoms. The number of aromatic hydroxyl groups is 1. The topological polar surface area (TPSA) is 67.2 Å². The molecule has 1 heterocycles. The normalized spacial score (nSPS) is 10.8. The number of hydrogen-bond donors (Lipinski definition) is 2. The molecule has 0 atom stereocenters. The molecule has 1 amide bonds. The Bertz CT molecular complexity index is 870. The van der Waals surface area contributed by atoms with E-state index >= 15 is 0 Å². The Morgan fingerprint density at radius 2 is 2.04 bits per heavy atom. The summed E-state index contributed by atoms with van der Waals surface area (Å²) in [6.45, 7) is 4.45. The molecule has 1 aromatic heterocycles. The maximum absolute atomic E-state index is 12.4. The fraction of sp³-hybridized carbons (Fsp3) is 0.200. The number of benzene rings is 2. The molecule has 3 aromatic rings. The summed E-state index contributed by atoms with van der Waals surface area (Å²) in [7, 11) is 0. The number of aromatic nitrogens is 2. The summed E-state index contributed by atoms with van der Waals surface area (Å²) in [6.07, 6.45) is 5.29. The van der Waals surface area contributed by atoms with E-state index in [1.54, 1.807) is 24.7 Å². The molecule has 0 aliphatic rings. The van der Waals surface area contributed by atoms with E-state index in [-0.39, 0.29) is 17.2 Å². The minimum Gasteiger partial charge on any atom is -0.507 e. The fourth-order valence-electron chi connectivity index (χ4n) is 2.68. The van der Waals surface area contributed by atoms with Crippen molar-refractivity contribution in [2.45, 2.75) is 26.3 Å². The van der Waals surface area contributed by atoms with Gasteiger partial charge in [0, 0.05) is 18.9 Å². The highest BCUT2D eigenvalue weighted by molar-refractivity contribution is 5.96. The minimum absolute atomic E-state index is 0.00611. The van der Waals surface area contributed by atoms with Crippen molar-refractivity contribution in [1.29, 1.82) is 0 Å². The summed E-state index contributed by atoms with van der Waals surface area (Å²) in [5, 5.41) is 13.0. The number of carbonyl (C=O) groups excluding carboxylic acids is 1. The molecule has 3 rings (SSSR count). The zero-order valence-electron chi connectivity index (χ0n) is 14.3. The molecule has 2 N–H and O–H groups in total. The third kappa shape index (κ3) is 3.71. The zero-order valence-corrected chi connectivity index (χ0v) is 14.3. The van der Waals surface area contributed by atoms with Gasteiger partial charge in [0.25, 0.3) is 5.91 Å². The average Bonchev–Trinajstić information content (AvgIpc) is 3.14. The van der Waals surface area contributed by atoms with Gasteiger partial charge < -0.3 is 15.0 Å². The molecule has 2 aromatic carbocycles. The number of nitrogens with zero attached hydrogens (tertiary/aromatic N) is 2. The molecule has 0 saturated heterocycles. The maximum Gasteiger partial charge on any atom is 0.255 e. The van der Waals surface area contributed by atoms with Crippen molar-refractivity contribution in [1.82, 2.24) is 14.9 Å². The van der Waals surface area contributed by atoms with Crippen LogP contribution in [-0.2, 0) is 6.54 Å². The number of hydrogen-bond acceptors (Lipinski definition) is 3. The number of imidazole rings is 1. The number of amides is 1. The van der Waals surface area contributed by atoms with Crippen LogP contribution in [-0.4, -0.2) is 20.6 Å². The van der Waals surface area contributed by atoms with Crippen molar-refractivity contribution < 1.29 is 9.90 Å². The number of carbonyl (C=O) groups is 1. The van der Waals surface area contributed by atoms with E-state index in [0.717, 1.165) is 16.8 Å². The number of nitrogens with one attached hydrogen (secondary N) is 1. The summed E-state index contributed by atoms with van der Waals surface area (Å²) in [5.41, 5.74) is 3.20. The first-order valence-corrected chi connectivity index (χ1v) is 8.23. The average molecular weight is 335 g/mol. The SMILES string of the molecule is CC(C)c1ccc(C(=O)NCc2ccccc2-n2ccnc2)c(O)c1. The lowest BCUT2D eigenvalue weighted by Crippen LogP contribution is -2.23. The van der Waals surface area contributed by atoms with Crippen molar-refractivity contribution in [3.8, 4) is 11.4 Å². The van der Waals surface area contributed by atoms with E-state index in [0.29, 0.717) is 12.5 Å². The van der Waals surface area contributed by atoms with Gasteiger partial charge in [-0.2, -0.15) is 0 Å². The molecule has 0 aliphatic heterocycles. The lowest BCUT2D eigenvalue weighted by molar-refractivity contribution is 0.0948. The summed E-state index contributed by atoms with van der Waals surface area (Å²) in [4.78, 5) is 16.5. The van der Waals surface area contributed by atoms with Crippen molar-refractivity contribution in [2.75, 3.05) is 0 Å². The molecule has 0 aliphatic carbocycles. The third-order valence-electron chi connectivity index (χ3n) is 4.15. The Morgan fingerprint density at radius 1 is 1.24 bits per heavy atom. The second kappa shape index (κ2) is 7.21. The Morgan fingerprint density at radius 3 is 2.72 bits per heavy atom. The lowest BCUT2D eigenvalue weighted by atomic mass is 10.0. The second-order valence-electron chi connectivity index (χ2n) is 6.21. The van der Waals surface area contributed by atoms with Gasteiger partial charge in [-0.3, -0.25) is 4.79 Å². The molecule has 0 fully saturated rings. The van der Waals surface area contributed by atoms with Gasteiger partial charge in [0.2, 0.25) is 0 Å². The first-order valence-electron chi connectivity index (χ1n) is 8.23. The molecular formula is C20H21N3O2. The Labute approximate surface area is 147 Å². The Kier molecular flexibility index (Phi) is 4.84. The molecule has 0 saturated carbocycles. The van der Waals surface area contributed by atoms with Crippen molar-refractivity contribution in [2.24, 2.45) is 0 Å². The second-order valence-corrected chi connectivity index (χ2v) is 6.21. The van der Waals surface area contributed by atoms with Gasteiger partial charge >= 0.3 is 0 Å². The molecule has 0 radical (unpaired) electrons. The standard InChI is InChI=1S/C20H21N3O2/c1-14(2)15-7-8-17(19(24)11-15)20(25)22-12-16-5-3-4-6-18(16)23-10-9-21-13-23/h3-11,13-14,24H,12H2,1-2H3,(H,22,25). The number of phenolic OH excluding ortho intramolecular Hbond substituents is 1. The van der Waals surface area contributed by atoms with E-state index in [2.05, 4.69) is 10.3 Å². The van der Waals surface area contributed by atoms with E-state index in [4.69, 9.17) is 0 Å². The number of para-hydroxylation sites is 1. The van der Waals surface area contributed by atoms with Crippen LogP contribution in [0.2, 0.25) is 0 Å². The highest BCUT2D eigenvalue weighted by Crippen LogP contribution is 2.24. The molecule has 5 nitrogen and oxygen atoms in total. The van der Waals surface area contributed by atoms with Crippen LogP contribution in [0.3, 0.4) is 0 Å². The minimum atomic E-state index is -0.298. The van der Waals surface area contributed by atoms with E-state index in [1.165, 1.54) is 0 Å². The molecule has 128 valence electrons. The first kappa shape index (κ1) is 16.8. The highest BCUT2D eigenvalue weighted by atomic mass is 16.3. The summed E-state index contributed by atoms with van der Waals surface area (Å²) in [5.74, 6) is 0.00454. The van der Waals surface area contributed by atoms with Crippen LogP contribution >= 0.6 is 0 Å². The molecule has 5 heteroatoms. The van der Waals surface area contributed by atoms with Gasteiger partial charge in [0.05, 0.1) is 17.6 Å². The lowest BCUT2D eigenvalue weighted by Gasteiger charge is -2.13. The van der Waals surface area contributed by atoms with E-state index < -0.39 is 0 Å². The maximum atomic E-state index is 12.4. The van der Waals surface area contributed by atoms with E-state index in [1.807, 2.05) is 54.9 Å². The van der Waals surface area contributed by atoms with Gasteiger partial charge in [-0.05, 0) is 35.2 Å². The summed E-state index contributed by atoms with van der Waals surface area (Å²) >= 11 is 0. The summed E-state index contributed by atoms with van der Waals surface area (Å²) < 4.78 is 1.90. The van der Waals surface area contributed by atoms with Gasteiger partial charge in [-0.25, -0.2) is 4.98 Å². The first-order chi connectivity index (χ1) is 12.1. The van der Waals surface area contributed by atoms with Crippen molar-refractivity contribution in [3.63, 3.8) is 0 Å². The van der Waals surface area contributed by atoms with Crippen molar-refractivity contribution >= 4 is 5.91 Å². The van der Waals surface area contributed by atoms with Crippen molar-refractivity contribution in [3.05, 3.63) is 77.9 Å². The van der Waals surface area contributed by atoms with E-state index in [9.17, 15) is 9.90 Å². The van der Waals surface area contributed by atoms with Gasteiger partial charge in [-0.15, -0.1) is 0 Å². The molecule has 0 unspecified atom stereocenters. The largest absolute Gasteiger partial charge is 0.507 e. The van der Waals surface area contributed by atoms with Crippen LogP contribution in [0.4, 0.5) is 0 Å². The quantitative estimate of drug-likeness (QED) is 0.748. The monoisotopic (exact) mass is 335 g/mol. The van der Waals surface area contributed by atoms with Crippen LogP contribution in [0.1, 0.15) is 41.3 Å². The predicted molar refractivity (Wildman–Crippen MR) is 96.9 cm³/mol. The number of rotatable bonds is 5. The van der Waals surface area contributed by atoms with Crippen LogP contribution in [0.5, 0.6) is 5.75 Å². The smallest absolute Gasteiger partial charge is 0.255 e. The molecule has 0 spiro atoms. The van der Waals surface area contributed by atoms with Gasteiger partial charge in [-0.1, -0.05) is 38.1 Å². The highest BCUT2D eigenvalue weighted by Gasteiger charge is 2.13. The molecule has 0 bridgehead atoms. The van der Waals surface area contributed by atoms with Crippen LogP contribution in [0.15, 0.2) is 61.2 Å². The van der Waals surface area contributed by atoms with Crippen LogP contribution in [0, 0.1) is 0 Å². The molecular weight excluding hydrogens is 314 g/mol. The van der Waals surface area contributed by atoms with Crippen LogP contribution in [0.25, 0.3) is 5.69 Å². The summed E-state index contributed by atoms with van der Waals surface area (Å²) in [6, 6.07) is 13.0. The van der Waals surface area contributed by atoms with Gasteiger partial charge in [0.1, 0.15) is 5.75 Å².